The Morgan fingerprint density at radius 3 is 2.26 bits per heavy atom. The molecule has 8 nitrogen and oxygen atoms in total. The maximum atomic E-state index is 12.9. The third-order valence-electron chi connectivity index (χ3n) is 5.34. The van der Waals surface area contributed by atoms with Crippen molar-refractivity contribution in [1.29, 1.82) is 0 Å². The Morgan fingerprint density at radius 1 is 1.03 bits per heavy atom. The van der Waals surface area contributed by atoms with Crippen LogP contribution in [-0.4, -0.2) is 48.8 Å². The van der Waals surface area contributed by atoms with E-state index >= 15 is 0 Å². The summed E-state index contributed by atoms with van der Waals surface area (Å²) < 4.78 is 27.2. The third kappa shape index (κ3) is 4.46. The van der Waals surface area contributed by atoms with Crippen molar-refractivity contribution in [2.75, 3.05) is 31.1 Å². The molecule has 0 aliphatic carbocycles. The van der Waals surface area contributed by atoms with E-state index in [-0.39, 0.29) is 10.6 Å². The third-order valence-corrected chi connectivity index (χ3v) is 8.16. The molecule has 0 amide bonds. The number of sulfonamides is 1. The number of non-ortho nitro benzene ring substituents is 1. The number of hydrogen-bond donors (Lipinski definition) is 0. The molecule has 0 bridgehead atoms. The largest absolute Gasteiger partial charge is 0.345 e. The SMILES string of the molecule is CCc1ccc(-c2csc(N3CCN(S(=O)(=O)c4ccc([N+](=O)[O-])cc4)CC3)n2)cc1. The van der Waals surface area contributed by atoms with Crippen molar-refractivity contribution in [2.24, 2.45) is 0 Å². The molecule has 1 aliphatic rings. The lowest BCUT2D eigenvalue weighted by atomic mass is 10.1. The van der Waals surface area contributed by atoms with Gasteiger partial charge in [0.05, 0.1) is 15.5 Å². The number of nitrogens with zero attached hydrogens (tertiary/aromatic N) is 4. The molecule has 31 heavy (non-hydrogen) atoms. The Hall–Kier alpha value is -2.82. The molecule has 1 fully saturated rings. The zero-order valence-electron chi connectivity index (χ0n) is 17.0. The van der Waals surface area contributed by atoms with Crippen LogP contribution in [0.3, 0.4) is 0 Å². The van der Waals surface area contributed by atoms with Gasteiger partial charge in [-0.15, -0.1) is 11.3 Å². The Balaban J connectivity index is 1.42. The number of thiazole rings is 1. The van der Waals surface area contributed by atoms with Crippen LogP contribution >= 0.6 is 11.3 Å². The zero-order valence-corrected chi connectivity index (χ0v) is 18.6. The molecule has 0 saturated carbocycles. The van der Waals surface area contributed by atoms with Gasteiger partial charge in [-0.1, -0.05) is 31.2 Å². The first kappa shape index (κ1) is 21.4. The van der Waals surface area contributed by atoms with E-state index < -0.39 is 14.9 Å². The molecular weight excluding hydrogens is 436 g/mol. The van der Waals surface area contributed by atoms with E-state index in [9.17, 15) is 18.5 Å². The molecule has 2 aromatic carbocycles. The second kappa shape index (κ2) is 8.74. The molecule has 1 saturated heterocycles. The zero-order chi connectivity index (χ0) is 22.0. The van der Waals surface area contributed by atoms with Gasteiger partial charge in [0.25, 0.3) is 5.69 Å². The van der Waals surface area contributed by atoms with Crippen molar-refractivity contribution in [3.8, 4) is 11.3 Å². The summed E-state index contributed by atoms with van der Waals surface area (Å²) in [5.41, 5.74) is 3.14. The number of nitro groups is 1. The molecular formula is C21H22N4O4S2. The van der Waals surface area contributed by atoms with Gasteiger partial charge in [-0.3, -0.25) is 10.1 Å². The fourth-order valence-corrected chi connectivity index (χ4v) is 5.77. The molecule has 10 heteroatoms. The summed E-state index contributed by atoms with van der Waals surface area (Å²) in [6.07, 6.45) is 0.996. The number of benzene rings is 2. The Labute approximate surface area is 185 Å². The van der Waals surface area contributed by atoms with E-state index in [4.69, 9.17) is 4.98 Å². The molecule has 1 aliphatic heterocycles. The molecule has 3 aromatic rings. The number of nitro benzene ring substituents is 1. The number of hydrogen-bond acceptors (Lipinski definition) is 7. The predicted molar refractivity (Wildman–Crippen MR) is 121 cm³/mol. The van der Waals surface area contributed by atoms with Gasteiger partial charge in [0.1, 0.15) is 0 Å². The average Bonchev–Trinajstić information content (AvgIpc) is 3.29. The van der Waals surface area contributed by atoms with E-state index in [1.807, 2.05) is 5.38 Å². The predicted octanol–water partition coefficient (Wildman–Crippen LogP) is 3.79. The topological polar surface area (TPSA) is 96.7 Å². The standard InChI is InChI=1S/C21H22N4O4S2/c1-2-16-3-5-17(6-4-16)20-15-30-21(22-20)23-11-13-24(14-12-23)31(28,29)19-9-7-18(8-10-19)25(26)27/h3-10,15H,2,11-14H2,1H3. The average molecular weight is 459 g/mol. The maximum absolute atomic E-state index is 12.9. The van der Waals surface area contributed by atoms with Crippen molar-refractivity contribution in [3.63, 3.8) is 0 Å². The lowest BCUT2D eigenvalue weighted by Crippen LogP contribution is -2.48. The number of aromatic nitrogens is 1. The van der Waals surface area contributed by atoms with Gasteiger partial charge >= 0.3 is 0 Å². The van der Waals surface area contributed by atoms with Crippen molar-refractivity contribution in [2.45, 2.75) is 18.2 Å². The number of piperazine rings is 1. The van der Waals surface area contributed by atoms with Gasteiger partial charge < -0.3 is 4.90 Å². The number of aryl methyl sites for hydroxylation is 1. The van der Waals surface area contributed by atoms with E-state index in [2.05, 4.69) is 36.1 Å². The van der Waals surface area contributed by atoms with Crippen LogP contribution in [0.5, 0.6) is 0 Å². The van der Waals surface area contributed by atoms with Gasteiger partial charge in [0.2, 0.25) is 10.0 Å². The lowest BCUT2D eigenvalue weighted by molar-refractivity contribution is -0.384. The van der Waals surface area contributed by atoms with E-state index in [0.29, 0.717) is 26.2 Å². The molecule has 1 aromatic heterocycles. The van der Waals surface area contributed by atoms with Gasteiger partial charge in [-0.05, 0) is 24.1 Å². The number of rotatable bonds is 6. The molecule has 0 spiro atoms. The fourth-order valence-electron chi connectivity index (χ4n) is 3.46. The summed E-state index contributed by atoms with van der Waals surface area (Å²) in [5, 5.41) is 13.7. The van der Waals surface area contributed by atoms with Gasteiger partial charge in [0.15, 0.2) is 5.13 Å². The van der Waals surface area contributed by atoms with Gasteiger partial charge in [-0.25, -0.2) is 13.4 Å². The van der Waals surface area contributed by atoms with E-state index in [0.717, 1.165) is 22.8 Å². The smallest absolute Gasteiger partial charge is 0.269 e. The molecule has 0 radical (unpaired) electrons. The van der Waals surface area contributed by atoms with Crippen molar-refractivity contribution >= 4 is 32.2 Å². The second-order valence-electron chi connectivity index (χ2n) is 7.21. The normalized spacial score (nSPS) is 15.2. The van der Waals surface area contributed by atoms with Crippen LogP contribution in [0.4, 0.5) is 10.8 Å². The van der Waals surface area contributed by atoms with Crippen LogP contribution in [0.25, 0.3) is 11.3 Å². The summed E-state index contributed by atoms with van der Waals surface area (Å²) in [7, 11) is -3.69. The van der Waals surface area contributed by atoms with Crippen LogP contribution in [-0.2, 0) is 16.4 Å². The first-order chi connectivity index (χ1) is 14.9. The highest BCUT2D eigenvalue weighted by Gasteiger charge is 2.29. The molecule has 0 N–H and O–H groups in total. The minimum Gasteiger partial charge on any atom is -0.345 e. The van der Waals surface area contributed by atoms with Crippen LogP contribution < -0.4 is 4.90 Å². The molecule has 2 heterocycles. The lowest BCUT2D eigenvalue weighted by Gasteiger charge is -2.33. The summed E-state index contributed by atoms with van der Waals surface area (Å²) in [6, 6.07) is 13.4. The van der Waals surface area contributed by atoms with Gasteiger partial charge in [0, 0.05) is 49.3 Å². The highest BCUT2D eigenvalue weighted by Crippen LogP contribution is 2.29. The number of anilines is 1. The Morgan fingerprint density at radius 2 is 1.68 bits per heavy atom. The van der Waals surface area contributed by atoms with E-state index in [1.165, 1.54) is 34.1 Å². The summed E-state index contributed by atoms with van der Waals surface area (Å²) in [5.74, 6) is 0. The first-order valence-corrected chi connectivity index (χ1v) is 12.2. The second-order valence-corrected chi connectivity index (χ2v) is 9.98. The van der Waals surface area contributed by atoms with Crippen LogP contribution in [0.1, 0.15) is 12.5 Å². The highest BCUT2D eigenvalue weighted by molar-refractivity contribution is 7.89. The van der Waals surface area contributed by atoms with Gasteiger partial charge in [-0.2, -0.15) is 4.31 Å². The quantitative estimate of drug-likeness (QED) is 0.412. The van der Waals surface area contributed by atoms with Crippen molar-refractivity contribution in [3.05, 3.63) is 69.6 Å². The van der Waals surface area contributed by atoms with Crippen LogP contribution in [0, 0.1) is 10.1 Å². The summed E-state index contributed by atoms with van der Waals surface area (Å²) in [4.78, 5) is 17.2. The molecule has 0 atom stereocenters. The Bertz CT molecular complexity index is 1170. The van der Waals surface area contributed by atoms with Crippen LogP contribution in [0.15, 0.2) is 58.8 Å². The van der Waals surface area contributed by atoms with Crippen molar-refractivity contribution < 1.29 is 13.3 Å². The minimum absolute atomic E-state index is 0.0682. The minimum atomic E-state index is -3.69. The highest BCUT2D eigenvalue weighted by atomic mass is 32.2. The monoisotopic (exact) mass is 458 g/mol. The van der Waals surface area contributed by atoms with E-state index in [1.54, 1.807) is 11.3 Å². The van der Waals surface area contributed by atoms with Crippen LogP contribution in [0.2, 0.25) is 0 Å². The maximum Gasteiger partial charge on any atom is 0.269 e. The summed E-state index contributed by atoms with van der Waals surface area (Å²) in [6.45, 7) is 3.86. The molecule has 162 valence electrons. The first-order valence-electron chi connectivity index (χ1n) is 9.93. The molecule has 0 unspecified atom stereocenters. The Kier molecular flexibility index (Phi) is 6.03. The fraction of sp³-hybridized carbons (Fsp3) is 0.286. The molecule has 4 rings (SSSR count). The van der Waals surface area contributed by atoms with Crippen molar-refractivity contribution in [1.82, 2.24) is 9.29 Å². The summed E-state index contributed by atoms with van der Waals surface area (Å²) >= 11 is 1.55.